The van der Waals surface area contributed by atoms with E-state index in [0.29, 0.717) is 31.3 Å². The molecule has 1 amide bonds. The average Bonchev–Trinajstić information content (AvgIpc) is 3.27. The van der Waals surface area contributed by atoms with Crippen LogP contribution in [0.15, 0.2) is 72.8 Å². The first-order valence-corrected chi connectivity index (χ1v) is 12.2. The normalized spacial score (nSPS) is 20.0. The van der Waals surface area contributed by atoms with Gasteiger partial charge in [-0.25, -0.2) is 0 Å². The Labute approximate surface area is 207 Å². The van der Waals surface area contributed by atoms with E-state index >= 15 is 0 Å². The lowest BCUT2D eigenvalue weighted by Gasteiger charge is -2.40. The first-order valence-electron chi connectivity index (χ1n) is 12.2. The van der Waals surface area contributed by atoms with Gasteiger partial charge in [0.25, 0.3) is 0 Å². The topological polar surface area (TPSA) is 50.8 Å². The third-order valence-electron chi connectivity index (χ3n) is 7.15. The van der Waals surface area contributed by atoms with E-state index in [-0.39, 0.29) is 11.3 Å². The highest BCUT2D eigenvalue weighted by Crippen LogP contribution is 2.53. The fourth-order valence-electron chi connectivity index (χ4n) is 5.26. The molecule has 2 heterocycles. The zero-order chi connectivity index (χ0) is 24.6. The van der Waals surface area contributed by atoms with E-state index in [1.807, 2.05) is 55.5 Å². The van der Waals surface area contributed by atoms with E-state index < -0.39 is 5.66 Å². The predicted molar refractivity (Wildman–Crippen MR) is 140 cm³/mol. The number of nitrogens with zero attached hydrogens (tertiary/aromatic N) is 1. The van der Waals surface area contributed by atoms with Crippen LogP contribution < -0.4 is 19.7 Å². The number of hydrogen-bond donors (Lipinski definition) is 1. The molecule has 5 heteroatoms. The largest absolute Gasteiger partial charge is 0.490 e. The van der Waals surface area contributed by atoms with E-state index in [1.54, 1.807) is 0 Å². The van der Waals surface area contributed by atoms with Crippen molar-refractivity contribution in [2.45, 2.75) is 45.4 Å². The van der Waals surface area contributed by atoms with Crippen molar-refractivity contribution in [2.24, 2.45) is 0 Å². The molecule has 2 aliphatic heterocycles. The summed E-state index contributed by atoms with van der Waals surface area (Å²) in [6, 6.07) is 22.5. The molecule has 1 fully saturated rings. The molecule has 5 rings (SSSR count). The second-order valence-electron chi connectivity index (χ2n) is 9.79. The number of rotatable bonds is 7. The lowest BCUT2D eigenvalue weighted by atomic mass is 9.75. The molecule has 0 radical (unpaired) electrons. The number of benzene rings is 3. The maximum Gasteiger partial charge on any atom is 0.241 e. The van der Waals surface area contributed by atoms with Gasteiger partial charge in [-0.05, 0) is 54.8 Å². The predicted octanol–water partition coefficient (Wildman–Crippen LogP) is 5.61. The van der Waals surface area contributed by atoms with Crippen LogP contribution in [0.5, 0.6) is 11.5 Å². The highest BCUT2D eigenvalue weighted by molar-refractivity contribution is 5.91. The van der Waals surface area contributed by atoms with Gasteiger partial charge in [0.15, 0.2) is 11.5 Å². The smallest absolute Gasteiger partial charge is 0.241 e. The van der Waals surface area contributed by atoms with Crippen molar-refractivity contribution in [1.82, 2.24) is 5.32 Å². The molecule has 5 nitrogen and oxygen atoms in total. The fourth-order valence-corrected chi connectivity index (χ4v) is 5.26. The molecule has 0 aliphatic carbocycles. The molecule has 2 aliphatic rings. The molecule has 0 bridgehead atoms. The molecular weight excluding hydrogens is 436 g/mol. The molecule has 180 valence electrons. The van der Waals surface area contributed by atoms with Crippen molar-refractivity contribution < 1.29 is 14.3 Å². The highest BCUT2D eigenvalue weighted by atomic mass is 16.5. The fraction of sp³-hybridized carbons (Fsp3) is 0.300. The monoisotopic (exact) mass is 468 g/mol. The van der Waals surface area contributed by atoms with Crippen LogP contribution in [0.4, 0.5) is 5.69 Å². The maximum absolute atomic E-state index is 12.6. The van der Waals surface area contributed by atoms with Gasteiger partial charge in [0.05, 0.1) is 13.2 Å². The van der Waals surface area contributed by atoms with Gasteiger partial charge in [-0.15, -0.1) is 0 Å². The molecule has 1 atom stereocenters. The van der Waals surface area contributed by atoms with Gasteiger partial charge in [-0.2, -0.15) is 0 Å². The van der Waals surface area contributed by atoms with Gasteiger partial charge in [-0.1, -0.05) is 74.0 Å². The molecule has 0 spiro atoms. The first kappa shape index (κ1) is 23.0. The standard InChI is InChI=1S/C30H32N2O3/c1-5-34-27-18-22(12-14-26(27)35-20-23-9-7-6-8-10-23)15-16-30-29(3,4)24-17-21(2)11-13-25(24)32(30)19-28(33)31-30/h6-18H,5,19-20H2,1-4H3,(H,31,33)/b16-15+. The third kappa shape index (κ3) is 3.95. The number of hydrogen-bond acceptors (Lipinski definition) is 4. The van der Waals surface area contributed by atoms with Crippen molar-refractivity contribution in [3.63, 3.8) is 0 Å². The lowest BCUT2D eigenvalue weighted by molar-refractivity contribution is -0.118. The molecule has 3 aromatic carbocycles. The number of aryl methyl sites for hydroxylation is 1. The van der Waals surface area contributed by atoms with Crippen molar-refractivity contribution >= 4 is 17.7 Å². The van der Waals surface area contributed by atoms with Crippen molar-refractivity contribution in [3.05, 3.63) is 95.1 Å². The minimum atomic E-state index is -0.630. The Morgan fingerprint density at radius 1 is 1.00 bits per heavy atom. The summed E-state index contributed by atoms with van der Waals surface area (Å²) in [5.74, 6) is 1.46. The van der Waals surface area contributed by atoms with Gasteiger partial charge in [0, 0.05) is 11.1 Å². The zero-order valence-electron chi connectivity index (χ0n) is 20.8. The van der Waals surface area contributed by atoms with Crippen LogP contribution in [-0.2, 0) is 16.8 Å². The van der Waals surface area contributed by atoms with E-state index in [1.165, 1.54) is 11.1 Å². The van der Waals surface area contributed by atoms with E-state index in [4.69, 9.17) is 9.47 Å². The van der Waals surface area contributed by atoms with Crippen molar-refractivity contribution in [1.29, 1.82) is 0 Å². The number of nitrogens with one attached hydrogen (secondary N) is 1. The Kier molecular flexibility index (Phi) is 5.79. The summed E-state index contributed by atoms with van der Waals surface area (Å²) in [6.45, 7) is 9.85. The van der Waals surface area contributed by atoms with E-state index in [0.717, 1.165) is 16.8 Å². The molecule has 35 heavy (non-hydrogen) atoms. The van der Waals surface area contributed by atoms with Gasteiger partial charge < -0.3 is 19.7 Å². The second kappa shape index (κ2) is 8.81. The van der Waals surface area contributed by atoms with Gasteiger partial charge in [0.2, 0.25) is 5.91 Å². The van der Waals surface area contributed by atoms with Crippen LogP contribution >= 0.6 is 0 Å². The minimum Gasteiger partial charge on any atom is -0.490 e. The van der Waals surface area contributed by atoms with E-state index in [2.05, 4.69) is 61.3 Å². The van der Waals surface area contributed by atoms with Crippen LogP contribution in [0, 0.1) is 6.92 Å². The van der Waals surface area contributed by atoms with Crippen molar-refractivity contribution in [2.75, 3.05) is 18.1 Å². The molecule has 0 aromatic heterocycles. The van der Waals surface area contributed by atoms with Crippen LogP contribution in [0.25, 0.3) is 6.08 Å². The number of amides is 1. The molecular formula is C30H32N2O3. The van der Waals surface area contributed by atoms with Crippen molar-refractivity contribution in [3.8, 4) is 11.5 Å². The Balaban J connectivity index is 1.45. The summed E-state index contributed by atoms with van der Waals surface area (Å²) < 4.78 is 12.0. The van der Waals surface area contributed by atoms with Crippen LogP contribution in [0.3, 0.4) is 0 Å². The summed E-state index contributed by atoms with van der Waals surface area (Å²) >= 11 is 0. The molecule has 1 unspecified atom stereocenters. The molecule has 1 saturated heterocycles. The highest BCUT2D eigenvalue weighted by Gasteiger charge is 2.59. The summed E-state index contributed by atoms with van der Waals surface area (Å²) in [5.41, 5.74) is 4.74. The second-order valence-corrected chi connectivity index (χ2v) is 9.79. The van der Waals surface area contributed by atoms with Crippen LogP contribution in [0.1, 0.15) is 43.0 Å². The zero-order valence-corrected chi connectivity index (χ0v) is 20.8. The SMILES string of the molecule is CCOc1cc(/C=C/C23NC(=O)CN2c2ccc(C)cc2C3(C)C)ccc1OCc1ccccc1. The van der Waals surface area contributed by atoms with Crippen LogP contribution in [0.2, 0.25) is 0 Å². The molecule has 3 aromatic rings. The summed E-state index contributed by atoms with van der Waals surface area (Å²) in [4.78, 5) is 14.8. The first-order chi connectivity index (χ1) is 16.8. The third-order valence-corrected chi connectivity index (χ3v) is 7.15. The average molecular weight is 469 g/mol. The summed E-state index contributed by atoms with van der Waals surface area (Å²) in [7, 11) is 0. The molecule has 0 saturated carbocycles. The minimum absolute atomic E-state index is 0.0358. The molecule has 1 N–H and O–H groups in total. The number of anilines is 1. The Morgan fingerprint density at radius 3 is 2.57 bits per heavy atom. The maximum atomic E-state index is 12.6. The van der Waals surface area contributed by atoms with Gasteiger partial charge in [0.1, 0.15) is 12.3 Å². The Hall–Kier alpha value is -3.73. The number of ether oxygens (including phenoxy) is 2. The number of carbonyl (C=O) groups excluding carboxylic acids is 1. The quantitative estimate of drug-likeness (QED) is 0.490. The van der Waals surface area contributed by atoms with Crippen LogP contribution in [-0.4, -0.2) is 24.7 Å². The van der Waals surface area contributed by atoms with Gasteiger partial charge >= 0.3 is 0 Å². The summed E-state index contributed by atoms with van der Waals surface area (Å²) in [5, 5.41) is 3.29. The summed E-state index contributed by atoms with van der Waals surface area (Å²) in [6.07, 6.45) is 4.20. The number of carbonyl (C=O) groups is 1. The number of fused-ring (bicyclic) bond motifs is 3. The Morgan fingerprint density at radius 2 is 1.80 bits per heavy atom. The lowest BCUT2D eigenvalue weighted by Crippen LogP contribution is -2.58. The Bertz CT molecular complexity index is 1280. The van der Waals surface area contributed by atoms with E-state index in [9.17, 15) is 4.79 Å². The van der Waals surface area contributed by atoms with Gasteiger partial charge in [-0.3, -0.25) is 4.79 Å².